The zero-order valence-electron chi connectivity index (χ0n) is 16.8. The van der Waals surface area contributed by atoms with Crippen LogP contribution in [-0.2, 0) is 11.8 Å². The minimum Gasteiger partial charge on any atom is -0.488 e. The maximum atomic E-state index is 12.1. The molecule has 1 aromatic carbocycles. The monoisotopic (exact) mass is 384 g/mol. The molecular weight excluding hydrogens is 352 g/mol. The van der Waals surface area contributed by atoms with E-state index >= 15 is 0 Å². The van der Waals surface area contributed by atoms with Crippen LogP contribution < -0.4 is 10.5 Å². The maximum absolute atomic E-state index is 12.1. The first-order chi connectivity index (χ1) is 13.5. The summed E-state index contributed by atoms with van der Waals surface area (Å²) in [5, 5.41) is 9.32. The minimum atomic E-state index is -0.398. The first kappa shape index (κ1) is 18.4. The van der Waals surface area contributed by atoms with E-state index in [0.29, 0.717) is 17.5 Å². The molecule has 2 aliphatic heterocycles. The number of aliphatic hydroxyl groups is 1. The number of fused-ring (bicyclic) bond motifs is 1. The van der Waals surface area contributed by atoms with Crippen molar-refractivity contribution in [1.29, 1.82) is 0 Å². The van der Waals surface area contributed by atoms with Crippen molar-refractivity contribution < 1.29 is 14.6 Å². The van der Waals surface area contributed by atoms with Crippen molar-refractivity contribution in [3.8, 4) is 5.75 Å². The van der Waals surface area contributed by atoms with Gasteiger partial charge >= 0.3 is 0 Å². The molecule has 1 spiro atoms. The van der Waals surface area contributed by atoms with Crippen LogP contribution in [0.5, 0.6) is 5.75 Å². The fourth-order valence-corrected chi connectivity index (χ4v) is 6.25. The van der Waals surface area contributed by atoms with Crippen molar-refractivity contribution in [3.63, 3.8) is 0 Å². The van der Waals surface area contributed by atoms with E-state index in [1.165, 1.54) is 30.5 Å². The Morgan fingerprint density at radius 2 is 2.25 bits per heavy atom. The second-order valence-electron chi connectivity index (χ2n) is 9.63. The van der Waals surface area contributed by atoms with Crippen LogP contribution in [0, 0.1) is 11.8 Å². The first-order valence-electron chi connectivity index (χ1n) is 11.0. The number of benzene rings is 1. The Morgan fingerprint density at radius 1 is 1.43 bits per heavy atom. The average molecular weight is 385 g/mol. The van der Waals surface area contributed by atoms with E-state index in [-0.39, 0.29) is 18.1 Å². The number of rotatable bonds is 7. The van der Waals surface area contributed by atoms with Gasteiger partial charge in [0.2, 0.25) is 0 Å². The molecule has 1 aromatic rings. The Kier molecular flexibility index (Phi) is 4.44. The van der Waals surface area contributed by atoms with Crippen LogP contribution >= 0.6 is 0 Å². The Labute approximate surface area is 167 Å². The Bertz CT molecular complexity index is 790. The predicted molar refractivity (Wildman–Crippen MR) is 108 cm³/mol. The van der Waals surface area contributed by atoms with Gasteiger partial charge in [-0.1, -0.05) is 13.0 Å². The first-order valence-corrected chi connectivity index (χ1v) is 11.0. The van der Waals surface area contributed by atoms with E-state index in [0.717, 1.165) is 50.3 Å². The van der Waals surface area contributed by atoms with Gasteiger partial charge in [-0.2, -0.15) is 0 Å². The molecule has 3 N–H and O–H groups in total. The second kappa shape index (κ2) is 6.74. The molecule has 5 nitrogen and oxygen atoms in total. The van der Waals surface area contributed by atoms with E-state index in [9.17, 15) is 9.90 Å². The summed E-state index contributed by atoms with van der Waals surface area (Å²) < 4.78 is 6.59. The number of nitrogens with zero attached hydrogens (tertiary/aromatic N) is 1. The molecule has 4 atom stereocenters. The number of nitrogens with two attached hydrogens (primary N) is 1. The highest BCUT2D eigenvalue weighted by Crippen LogP contribution is 2.58. The van der Waals surface area contributed by atoms with Gasteiger partial charge in [-0.05, 0) is 75.0 Å². The molecule has 152 valence electrons. The largest absolute Gasteiger partial charge is 0.488 e. The van der Waals surface area contributed by atoms with Gasteiger partial charge in [0.1, 0.15) is 11.9 Å². The highest BCUT2D eigenvalue weighted by molar-refractivity contribution is 5.96. The molecule has 2 aliphatic carbocycles. The molecule has 2 bridgehead atoms. The number of hydrogen-bond donors (Lipinski definition) is 2. The van der Waals surface area contributed by atoms with Gasteiger partial charge < -0.3 is 15.6 Å². The summed E-state index contributed by atoms with van der Waals surface area (Å²) in [6, 6.07) is 4.57. The van der Waals surface area contributed by atoms with Gasteiger partial charge in [0.25, 0.3) is 5.91 Å². The quantitative estimate of drug-likeness (QED) is 0.758. The van der Waals surface area contributed by atoms with Crippen LogP contribution in [-0.4, -0.2) is 47.8 Å². The number of carbonyl (C=O) groups excluding carboxylic acids is 1. The summed E-state index contributed by atoms with van der Waals surface area (Å²) in [5.41, 5.74) is 8.86. The number of primary amides is 1. The average Bonchev–Trinajstić information content (AvgIpc) is 3.44. The van der Waals surface area contributed by atoms with Crippen LogP contribution in [0.4, 0.5) is 0 Å². The molecule has 28 heavy (non-hydrogen) atoms. The van der Waals surface area contributed by atoms with Gasteiger partial charge in [-0.15, -0.1) is 0 Å². The third-order valence-corrected chi connectivity index (χ3v) is 7.74. The number of likely N-dealkylation sites (tertiary alicyclic amines) is 1. The zero-order chi connectivity index (χ0) is 19.5. The molecule has 1 saturated heterocycles. The molecule has 2 fully saturated rings. The minimum absolute atomic E-state index is 0.00599. The van der Waals surface area contributed by atoms with E-state index in [2.05, 4.69) is 17.9 Å². The van der Waals surface area contributed by atoms with Crippen molar-refractivity contribution in [2.24, 2.45) is 17.6 Å². The maximum Gasteiger partial charge on any atom is 0.252 e. The SMILES string of the molecule is CC(CCCO)C1Oc2c(C(N)=O)ccc3c2C12CCN(CC1CC1)C(C3)C2. The number of hydrogen-bond acceptors (Lipinski definition) is 4. The molecular formula is C23H32N2O3. The predicted octanol–water partition coefficient (Wildman–Crippen LogP) is 2.62. The highest BCUT2D eigenvalue weighted by Gasteiger charge is 2.58. The van der Waals surface area contributed by atoms with Gasteiger partial charge in [-0.25, -0.2) is 0 Å². The third kappa shape index (κ3) is 2.78. The van der Waals surface area contributed by atoms with E-state index in [1.807, 2.05) is 6.07 Å². The van der Waals surface area contributed by atoms with E-state index in [1.54, 1.807) is 0 Å². The summed E-state index contributed by atoms with van der Waals surface area (Å²) in [7, 11) is 0. The van der Waals surface area contributed by atoms with Gasteiger partial charge in [0, 0.05) is 30.2 Å². The van der Waals surface area contributed by atoms with Crippen LogP contribution in [0.15, 0.2) is 12.1 Å². The topological polar surface area (TPSA) is 75.8 Å². The van der Waals surface area contributed by atoms with Crippen LogP contribution in [0.3, 0.4) is 0 Å². The fourth-order valence-electron chi connectivity index (χ4n) is 6.25. The zero-order valence-corrected chi connectivity index (χ0v) is 16.8. The summed E-state index contributed by atoms with van der Waals surface area (Å²) in [6.45, 7) is 4.82. The summed E-state index contributed by atoms with van der Waals surface area (Å²) in [5.74, 6) is 1.61. The smallest absolute Gasteiger partial charge is 0.252 e. The molecule has 5 rings (SSSR count). The Balaban J connectivity index is 1.55. The molecule has 1 amide bonds. The number of aliphatic hydroxyl groups excluding tert-OH is 1. The Morgan fingerprint density at radius 3 is 2.96 bits per heavy atom. The number of amides is 1. The van der Waals surface area contributed by atoms with Crippen LogP contribution in [0.2, 0.25) is 0 Å². The van der Waals surface area contributed by atoms with Crippen molar-refractivity contribution >= 4 is 5.91 Å². The normalized spacial score (nSPS) is 31.9. The van der Waals surface area contributed by atoms with Crippen molar-refractivity contribution in [2.45, 2.75) is 69.4 Å². The molecule has 0 aromatic heterocycles. The number of carbonyl (C=O) groups is 1. The van der Waals surface area contributed by atoms with Gasteiger partial charge in [0.05, 0.1) is 5.56 Å². The lowest BCUT2D eigenvalue weighted by molar-refractivity contribution is 0.00505. The summed E-state index contributed by atoms with van der Waals surface area (Å²) in [6.07, 6.45) is 7.84. The third-order valence-electron chi connectivity index (χ3n) is 7.74. The molecule has 0 radical (unpaired) electrons. The van der Waals surface area contributed by atoms with E-state index < -0.39 is 5.91 Å². The lowest BCUT2D eigenvalue weighted by Crippen LogP contribution is -2.57. The Hall–Kier alpha value is -1.59. The van der Waals surface area contributed by atoms with Crippen molar-refractivity contribution in [2.75, 3.05) is 19.7 Å². The molecule has 4 unspecified atom stereocenters. The summed E-state index contributed by atoms with van der Waals surface area (Å²) in [4.78, 5) is 14.8. The second-order valence-corrected chi connectivity index (χ2v) is 9.63. The van der Waals surface area contributed by atoms with Gasteiger partial charge in [0.15, 0.2) is 0 Å². The fraction of sp³-hybridized carbons (Fsp3) is 0.696. The van der Waals surface area contributed by atoms with Crippen molar-refractivity contribution in [3.05, 3.63) is 28.8 Å². The molecule has 5 heteroatoms. The van der Waals surface area contributed by atoms with Crippen molar-refractivity contribution in [1.82, 2.24) is 4.90 Å². The highest BCUT2D eigenvalue weighted by atomic mass is 16.5. The van der Waals surface area contributed by atoms with E-state index in [4.69, 9.17) is 10.5 Å². The van der Waals surface area contributed by atoms with Crippen LogP contribution in [0.1, 0.15) is 66.9 Å². The number of ether oxygens (including phenoxy) is 1. The van der Waals surface area contributed by atoms with Gasteiger partial charge in [-0.3, -0.25) is 9.69 Å². The lowest BCUT2D eigenvalue weighted by Gasteiger charge is -2.51. The number of piperidine rings is 1. The molecule has 1 saturated carbocycles. The molecule has 4 aliphatic rings. The molecule has 2 heterocycles. The lowest BCUT2D eigenvalue weighted by atomic mass is 9.59. The van der Waals surface area contributed by atoms with Crippen LogP contribution in [0.25, 0.3) is 0 Å². The standard InChI is InChI=1S/C23H32N2O3/c1-14(3-2-10-26)21-23-8-9-25(13-15-4-5-15)17(12-23)11-16-6-7-18(22(24)27)20(28-21)19(16)23/h6-7,14-15,17,21,26H,2-5,8-13H2,1H3,(H2,24,27). The summed E-state index contributed by atoms with van der Waals surface area (Å²) >= 11 is 0.